The van der Waals surface area contributed by atoms with Crippen molar-refractivity contribution in [1.82, 2.24) is 15.1 Å². The van der Waals surface area contributed by atoms with Gasteiger partial charge in [0.2, 0.25) is 5.91 Å². The fourth-order valence-electron chi connectivity index (χ4n) is 3.51. The van der Waals surface area contributed by atoms with E-state index in [4.69, 9.17) is 0 Å². The molecule has 0 radical (unpaired) electrons. The van der Waals surface area contributed by atoms with Crippen LogP contribution in [0.2, 0.25) is 0 Å². The summed E-state index contributed by atoms with van der Waals surface area (Å²) in [5.74, 6) is 0.253. The van der Waals surface area contributed by atoms with Crippen molar-refractivity contribution in [2.45, 2.75) is 12.8 Å². The molecule has 3 aromatic rings. The maximum atomic E-state index is 12.6. The van der Waals surface area contributed by atoms with Crippen LogP contribution in [0, 0.1) is 0 Å². The molecule has 0 saturated carbocycles. The van der Waals surface area contributed by atoms with Crippen LogP contribution < -0.4 is 4.90 Å². The molecule has 0 bridgehead atoms. The number of rotatable bonds is 6. The third kappa shape index (κ3) is 3.90. The average Bonchev–Trinajstić information content (AvgIpc) is 3.16. The molecular formula is C21H22N4O2. The maximum Gasteiger partial charge on any atom is 0.241 e. The quantitative estimate of drug-likeness (QED) is 0.685. The third-order valence-corrected chi connectivity index (χ3v) is 5.01. The molecule has 6 nitrogen and oxygen atoms in total. The van der Waals surface area contributed by atoms with Gasteiger partial charge in [0, 0.05) is 36.1 Å². The smallest absolute Gasteiger partial charge is 0.241 e. The first-order chi connectivity index (χ1) is 13.2. The molecule has 6 heteroatoms. The van der Waals surface area contributed by atoms with Gasteiger partial charge in [0.25, 0.3) is 0 Å². The van der Waals surface area contributed by atoms with Crippen LogP contribution in [0.4, 0.5) is 5.69 Å². The van der Waals surface area contributed by atoms with E-state index in [1.54, 1.807) is 6.20 Å². The monoisotopic (exact) mass is 362 g/mol. The summed E-state index contributed by atoms with van der Waals surface area (Å²) in [6, 6.07) is 15.3. The second-order valence-electron chi connectivity index (χ2n) is 6.86. The Morgan fingerprint density at radius 1 is 1.11 bits per heavy atom. The molecule has 27 heavy (non-hydrogen) atoms. The van der Waals surface area contributed by atoms with Crippen LogP contribution in [0.15, 0.2) is 54.7 Å². The van der Waals surface area contributed by atoms with E-state index in [2.05, 4.69) is 15.1 Å². The van der Waals surface area contributed by atoms with Gasteiger partial charge in [0.05, 0.1) is 18.3 Å². The predicted molar refractivity (Wildman–Crippen MR) is 105 cm³/mol. The molecule has 1 amide bonds. The Hall–Kier alpha value is -2.99. The summed E-state index contributed by atoms with van der Waals surface area (Å²) in [7, 11) is 0. The average molecular weight is 362 g/mol. The van der Waals surface area contributed by atoms with E-state index in [1.807, 2.05) is 53.4 Å². The number of aromatic amines is 1. The largest absolute Gasteiger partial charge is 0.310 e. The van der Waals surface area contributed by atoms with Crippen molar-refractivity contribution < 1.29 is 9.59 Å². The first kappa shape index (κ1) is 17.4. The van der Waals surface area contributed by atoms with Crippen molar-refractivity contribution >= 4 is 28.3 Å². The molecule has 1 fully saturated rings. The Morgan fingerprint density at radius 3 is 2.78 bits per heavy atom. The van der Waals surface area contributed by atoms with Gasteiger partial charge in [0.1, 0.15) is 0 Å². The van der Waals surface area contributed by atoms with Crippen molar-refractivity contribution in [2.24, 2.45) is 0 Å². The van der Waals surface area contributed by atoms with E-state index in [-0.39, 0.29) is 11.7 Å². The number of aromatic nitrogens is 2. The normalized spacial score (nSPS) is 15.4. The van der Waals surface area contributed by atoms with Crippen LogP contribution in [0.3, 0.4) is 0 Å². The Labute approximate surface area is 157 Å². The zero-order valence-corrected chi connectivity index (χ0v) is 15.1. The highest BCUT2D eigenvalue weighted by Crippen LogP contribution is 2.22. The van der Waals surface area contributed by atoms with Gasteiger partial charge in [-0.3, -0.25) is 19.6 Å². The lowest BCUT2D eigenvalue weighted by molar-refractivity contribution is -0.121. The SMILES string of the molecule is O=C(CCCN1CCN(c2ccc3cn[nH]c3c2)C(=O)C1)c1ccccc1. The minimum atomic E-state index is 0.0921. The van der Waals surface area contributed by atoms with Crippen molar-refractivity contribution in [3.63, 3.8) is 0 Å². The van der Waals surface area contributed by atoms with Crippen LogP contribution >= 0.6 is 0 Å². The second-order valence-corrected chi connectivity index (χ2v) is 6.86. The van der Waals surface area contributed by atoms with Gasteiger partial charge in [-0.25, -0.2) is 0 Å². The Bertz CT molecular complexity index is 951. The molecule has 138 valence electrons. The molecule has 2 heterocycles. The standard InChI is InChI=1S/C21H22N4O2/c26-20(16-5-2-1-3-6-16)7-4-10-24-11-12-25(21(27)15-24)18-9-8-17-14-22-23-19(17)13-18/h1-3,5-6,8-9,13-14H,4,7,10-12,15H2,(H,22,23). The number of anilines is 1. The van der Waals surface area contributed by atoms with E-state index < -0.39 is 0 Å². The van der Waals surface area contributed by atoms with E-state index in [9.17, 15) is 9.59 Å². The lowest BCUT2D eigenvalue weighted by atomic mass is 10.1. The molecule has 1 aliphatic rings. The number of nitrogens with one attached hydrogen (secondary N) is 1. The number of fused-ring (bicyclic) bond motifs is 1. The van der Waals surface area contributed by atoms with E-state index in [1.165, 1.54) is 0 Å². The molecule has 1 aliphatic heterocycles. The number of hydrogen-bond donors (Lipinski definition) is 1. The number of nitrogens with zero attached hydrogens (tertiary/aromatic N) is 3. The van der Waals surface area contributed by atoms with Gasteiger partial charge in [-0.2, -0.15) is 5.10 Å². The van der Waals surface area contributed by atoms with Gasteiger partial charge in [-0.15, -0.1) is 0 Å². The van der Waals surface area contributed by atoms with Crippen LogP contribution in [0.5, 0.6) is 0 Å². The van der Waals surface area contributed by atoms with Crippen LogP contribution in [0.25, 0.3) is 10.9 Å². The number of H-pyrrole nitrogens is 1. The predicted octanol–water partition coefficient (Wildman–Crippen LogP) is 2.87. The maximum absolute atomic E-state index is 12.6. The highest BCUT2D eigenvalue weighted by Gasteiger charge is 2.25. The van der Waals surface area contributed by atoms with Crippen LogP contribution in [0.1, 0.15) is 23.2 Å². The van der Waals surface area contributed by atoms with Gasteiger partial charge >= 0.3 is 0 Å². The Morgan fingerprint density at radius 2 is 1.96 bits per heavy atom. The van der Waals surface area contributed by atoms with Gasteiger partial charge in [-0.05, 0) is 31.2 Å². The van der Waals surface area contributed by atoms with Gasteiger partial charge in [0.15, 0.2) is 5.78 Å². The second kappa shape index (κ2) is 7.72. The van der Waals surface area contributed by atoms with Crippen LogP contribution in [-0.4, -0.2) is 53.0 Å². The molecule has 1 aromatic heterocycles. The summed E-state index contributed by atoms with van der Waals surface area (Å²) in [5.41, 5.74) is 2.59. The molecule has 2 aromatic carbocycles. The zero-order valence-electron chi connectivity index (χ0n) is 15.1. The minimum absolute atomic E-state index is 0.0921. The molecule has 0 atom stereocenters. The summed E-state index contributed by atoms with van der Waals surface area (Å²) < 4.78 is 0. The number of benzene rings is 2. The number of ketones is 1. The molecule has 4 rings (SSSR count). The van der Waals surface area contributed by atoms with Crippen molar-refractivity contribution in [2.75, 3.05) is 31.1 Å². The number of piperazine rings is 1. The van der Waals surface area contributed by atoms with Crippen molar-refractivity contribution in [3.8, 4) is 0 Å². The molecule has 1 N–H and O–H groups in total. The van der Waals surface area contributed by atoms with E-state index >= 15 is 0 Å². The molecule has 1 saturated heterocycles. The fraction of sp³-hybridized carbons (Fsp3) is 0.286. The molecule has 0 spiro atoms. The third-order valence-electron chi connectivity index (χ3n) is 5.01. The summed E-state index contributed by atoms with van der Waals surface area (Å²) in [6.07, 6.45) is 3.05. The number of Topliss-reactive ketones (excluding diaryl/α,β-unsaturated/α-hetero) is 1. The van der Waals surface area contributed by atoms with E-state index in [0.29, 0.717) is 19.5 Å². The minimum Gasteiger partial charge on any atom is -0.310 e. The Kier molecular flexibility index (Phi) is 4.98. The fourth-order valence-corrected chi connectivity index (χ4v) is 3.51. The van der Waals surface area contributed by atoms with Gasteiger partial charge < -0.3 is 4.90 Å². The molecular weight excluding hydrogens is 340 g/mol. The summed E-state index contributed by atoms with van der Waals surface area (Å²) in [4.78, 5) is 28.7. The van der Waals surface area contributed by atoms with E-state index in [0.717, 1.165) is 41.7 Å². The molecule has 0 aliphatic carbocycles. The number of carbonyl (C=O) groups excluding carboxylic acids is 2. The lowest BCUT2D eigenvalue weighted by Crippen LogP contribution is -2.50. The highest BCUT2D eigenvalue weighted by atomic mass is 16.2. The molecule has 0 unspecified atom stereocenters. The zero-order chi connectivity index (χ0) is 18.6. The number of carbonyl (C=O) groups is 2. The topological polar surface area (TPSA) is 69.3 Å². The van der Waals surface area contributed by atoms with Gasteiger partial charge in [-0.1, -0.05) is 30.3 Å². The highest BCUT2D eigenvalue weighted by molar-refractivity contribution is 5.97. The number of hydrogen-bond acceptors (Lipinski definition) is 4. The summed E-state index contributed by atoms with van der Waals surface area (Å²) in [5, 5.41) is 8.00. The number of amides is 1. The van der Waals surface area contributed by atoms with Crippen LogP contribution in [-0.2, 0) is 4.79 Å². The lowest BCUT2D eigenvalue weighted by Gasteiger charge is -2.34. The van der Waals surface area contributed by atoms with Crippen molar-refractivity contribution in [1.29, 1.82) is 0 Å². The summed E-state index contributed by atoms with van der Waals surface area (Å²) >= 11 is 0. The first-order valence-corrected chi connectivity index (χ1v) is 9.25. The van der Waals surface area contributed by atoms with Crippen molar-refractivity contribution in [3.05, 3.63) is 60.3 Å². The summed E-state index contributed by atoms with van der Waals surface area (Å²) in [6.45, 7) is 2.62. The Balaban J connectivity index is 1.29. The first-order valence-electron chi connectivity index (χ1n) is 9.25.